The number of hydrogen-bond acceptors (Lipinski definition) is 4. The highest BCUT2D eigenvalue weighted by atomic mass is 16.6. The number of carbonyl (C=O) groups is 1. The number of ether oxygens (including phenoxy) is 2. The summed E-state index contributed by atoms with van der Waals surface area (Å²) in [5.74, 6) is -0.123. The van der Waals surface area contributed by atoms with E-state index < -0.39 is 5.60 Å². The van der Waals surface area contributed by atoms with E-state index in [-0.39, 0.29) is 24.0 Å². The van der Waals surface area contributed by atoms with Crippen molar-refractivity contribution in [2.45, 2.75) is 64.7 Å². The summed E-state index contributed by atoms with van der Waals surface area (Å²) in [6.45, 7) is 8.33. The van der Waals surface area contributed by atoms with Gasteiger partial charge in [-0.2, -0.15) is 0 Å². The van der Waals surface area contributed by atoms with E-state index in [4.69, 9.17) is 15.2 Å². The van der Waals surface area contributed by atoms with Crippen LogP contribution in [0.4, 0.5) is 0 Å². The minimum atomic E-state index is -0.435. The molecular formula is C13H25NO3. The summed E-state index contributed by atoms with van der Waals surface area (Å²) < 4.78 is 10.9. The van der Waals surface area contributed by atoms with Crippen LogP contribution in [-0.4, -0.2) is 30.3 Å². The average Bonchev–Trinajstić information content (AvgIpc) is 2.63. The summed E-state index contributed by atoms with van der Waals surface area (Å²) in [7, 11) is 0. The van der Waals surface area contributed by atoms with Crippen LogP contribution in [0.5, 0.6) is 0 Å². The van der Waals surface area contributed by atoms with Crippen molar-refractivity contribution in [2.24, 2.45) is 11.7 Å². The topological polar surface area (TPSA) is 61.6 Å². The van der Waals surface area contributed by atoms with Crippen LogP contribution < -0.4 is 5.73 Å². The lowest BCUT2D eigenvalue weighted by Gasteiger charge is -2.27. The lowest BCUT2D eigenvalue weighted by atomic mass is 9.90. The van der Waals surface area contributed by atoms with Gasteiger partial charge in [0.2, 0.25) is 0 Å². The molecule has 4 heteroatoms. The molecule has 0 unspecified atom stereocenters. The third kappa shape index (κ3) is 5.04. The molecule has 0 aliphatic carbocycles. The summed E-state index contributed by atoms with van der Waals surface area (Å²) in [5, 5.41) is 0. The monoisotopic (exact) mass is 243 g/mol. The first-order valence-electron chi connectivity index (χ1n) is 6.38. The van der Waals surface area contributed by atoms with Crippen molar-refractivity contribution in [1.29, 1.82) is 0 Å². The SMILES string of the molecule is C[C@H](N)[C@H](CC(=O)OC(C)(C)C)[C@H]1CCCO1. The highest BCUT2D eigenvalue weighted by Crippen LogP contribution is 2.26. The van der Waals surface area contributed by atoms with E-state index in [1.54, 1.807) is 0 Å². The van der Waals surface area contributed by atoms with Crippen LogP contribution in [-0.2, 0) is 14.3 Å². The van der Waals surface area contributed by atoms with Gasteiger partial charge in [0.05, 0.1) is 12.5 Å². The average molecular weight is 243 g/mol. The molecule has 4 nitrogen and oxygen atoms in total. The maximum atomic E-state index is 11.8. The van der Waals surface area contributed by atoms with Crippen molar-refractivity contribution in [1.82, 2.24) is 0 Å². The number of hydrogen-bond donors (Lipinski definition) is 1. The molecular weight excluding hydrogens is 218 g/mol. The summed E-state index contributed by atoms with van der Waals surface area (Å²) in [6, 6.07) is -0.0504. The van der Waals surface area contributed by atoms with Crippen LogP contribution in [0.2, 0.25) is 0 Å². The third-order valence-corrected chi connectivity index (χ3v) is 2.94. The fourth-order valence-electron chi connectivity index (χ4n) is 2.17. The Morgan fingerprint density at radius 1 is 1.53 bits per heavy atom. The summed E-state index contributed by atoms with van der Waals surface area (Å²) in [4.78, 5) is 11.8. The van der Waals surface area contributed by atoms with Crippen LogP contribution in [0.15, 0.2) is 0 Å². The Bertz CT molecular complexity index is 252. The van der Waals surface area contributed by atoms with E-state index in [1.807, 2.05) is 27.7 Å². The molecule has 0 bridgehead atoms. The molecule has 0 radical (unpaired) electrons. The van der Waals surface area contributed by atoms with Crippen molar-refractivity contribution in [2.75, 3.05) is 6.61 Å². The Kier molecular flexibility index (Phi) is 4.95. The lowest BCUT2D eigenvalue weighted by molar-refractivity contribution is -0.157. The molecule has 2 N–H and O–H groups in total. The molecule has 0 spiro atoms. The van der Waals surface area contributed by atoms with Crippen LogP contribution in [0, 0.1) is 5.92 Å². The second kappa shape index (κ2) is 5.83. The highest BCUT2D eigenvalue weighted by molar-refractivity contribution is 5.70. The first kappa shape index (κ1) is 14.5. The van der Waals surface area contributed by atoms with Gasteiger partial charge in [-0.05, 0) is 40.5 Å². The zero-order valence-corrected chi connectivity index (χ0v) is 11.4. The van der Waals surface area contributed by atoms with E-state index in [0.29, 0.717) is 6.42 Å². The zero-order chi connectivity index (χ0) is 13.1. The molecule has 1 heterocycles. The molecule has 1 aliphatic heterocycles. The first-order chi connectivity index (χ1) is 7.79. The van der Waals surface area contributed by atoms with Crippen molar-refractivity contribution in [3.63, 3.8) is 0 Å². The molecule has 100 valence electrons. The van der Waals surface area contributed by atoms with Crippen molar-refractivity contribution in [3.8, 4) is 0 Å². The first-order valence-corrected chi connectivity index (χ1v) is 6.38. The Morgan fingerprint density at radius 3 is 2.59 bits per heavy atom. The molecule has 0 aromatic heterocycles. The zero-order valence-electron chi connectivity index (χ0n) is 11.4. The van der Waals surface area contributed by atoms with Crippen LogP contribution in [0.25, 0.3) is 0 Å². The number of nitrogens with two attached hydrogens (primary N) is 1. The van der Waals surface area contributed by atoms with Gasteiger partial charge in [0.1, 0.15) is 5.60 Å². The highest BCUT2D eigenvalue weighted by Gasteiger charge is 2.32. The predicted molar refractivity (Wildman–Crippen MR) is 66.6 cm³/mol. The van der Waals surface area contributed by atoms with Gasteiger partial charge in [-0.1, -0.05) is 0 Å². The smallest absolute Gasteiger partial charge is 0.306 e. The van der Waals surface area contributed by atoms with Gasteiger partial charge < -0.3 is 15.2 Å². The van der Waals surface area contributed by atoms with E-state index in [0.717, 1.165) is 19.4 Å². The molecule has 1 rings (SSSR count). The van der Waals surface area contributed by atoms with Gasteiger partial charge in [-0.15, -0.1) is 0 Å². The van der Waals surface area contributed by atoms with Crippen LogP contribution in [0.3, 0.4) is 0 Å². The fourth-order valence-corrected chi connectivity index (χ4v) is 2.17. The van der Waals surface area contributed by atoms with Crippen molar-refractivity contribution >= 4 is 5.97 Å². The van der Waals surface area contributed by atoms with Gasteiger partial charge in [0.25, 0.3) is 0 Å². The number of carbonyl (C=O) groups excluding carboxylic acids is 1. The third-order valence-electron chi connectivity index (χ3n) is 2.94. The van der Waals surface area contributed by atoms with Gasteiger partial charge in [-0.25, -0.2) is 0 Å². The van der Waals surface area contributed by atoms with Crippen LogP contribution in [0.1, 0.15) is 47.0 Å². The fraction of sp³-hybridized carbons (Fsp3) is 0.923. The second-order valence-electron chi connectivity index (χ2n) is 5.87. The predicted octanol–water partition coefficient (Wildman–Crippen LogP) is 1.86. The van der Waals surface area contributed by atoms with Gasteiger partial charge in [0, 0.05) is 18.6 Å². The van der Waals surface area contributed by atoms with Gasteiger partial charge in [0.15, 0.2) is 0 Å². The quantitative estimate of drug-likeness (QED) is 0.766. The minimum absolute atomic E-state index is 0.0504. The molecule has 0 saturated carbocycles. The van der Waals surface area contributed by atoms with Gasteiger partial charge >= 0.3 is 5.97 Å². The molecule has 17 heavy (non-hydrogen) atoms. The Hall–Kier alpha value is -0.610. The molecule has 0 aromatic rings. The molecule has 1 aliphatic rings. The van der Waals surface area contributed by atoms with Crippen molar-refractivity contribution in [3.05, 3.63) is 0 Å². The Balaban J connectivity index is 2.52. The Labute approximate surface area is 104 Å². The molecule has 1 saturated heterocycles. The molecule has 3 atom stereocenters. The van der Waals surface area contributed by atoms with E-state index >= 15 is 0 Å². The van der Waals surface area contributed by atoms with Gasteiger partial charge in [-0.3, -0.25) is 4.79 Å². The standard InChI is InChI=1S/C13H25NO3/c1-9(14)10(11-6-5-7-16-11)8-12(15)17-13(2,3)4/h9-11H,5-8,14H2,1-4H3/t9-,10-,11+/m0/s1. The van der Waals surface area contributed by atoms with E-state index in [2.05, 4.69) is 0 Å². The summed E-state index contributed by atoms with van der Waals surface area (Å²) in [5.41, 5.74) is 5.51. The minimum Gasteiger partial charge on any atom is -0.460 e. The summed E-state index contributed by atoms with van der Waals surface area (Å²) >= 11 is 0. The lowest BCUT2D eigenvalue weighted by Crippen LogP contribution is -2.38. The maximum absolute atomic E-state index is 11.8. The largest absolute Gasteiger partial charge is 0.460 e. The Morgan fingerprint density at radius 2 is 2.18 bits per heavy atom. The maximum Gasteiger partial charge on any atom is 0.306 e. The molecule has 0 amide bonds. The molecule has 0 aromatic carbocycles. The normalized spacial score (nSPS) is 24.4. The van der Waals surface area contributed by atoms with E-state index in [9.17, 15) is 4.79 Å². The number of rotatable bonds is 4. The number of esters is 1. The molecule has 1 fully saturated rings. The van der Waals surface area contributed by atoms with Crippen LogP contribution >= 0.6 is 0 Å². The summed E-state index contributed by atoms with van der Waals surface area (Å²) in [6.07, 6.45) is 2.51. The van der Waals surface area contributed by atoms with Crippen molar-refractivity contribution < 1.29 is 14.3 Å². The van der Waals surface area contributed by atoms with E-state index in [1.165, 1.54) is 0 Å². The second-order valence-corrected chi connectivity index (χ2v) is 5.87.